The molecule has 2 N–H and O–H groups in total. The summed E-state index contributed by atoms with van der Waals surface area (Å²) in [7, 11) is 1.51. The van der Waals surface area contributed by atoms with Gasteiger partial charge >= 0.3 is 0 Å². The summed E-state index contributed by atoms with van der Waals surface area (Å²) in [4.78, 5) is 24.8. The number of rotatable bonds is 4. The van der Waals surface area contributed by atoms with Crippen LogP contribution in [0.4, 0.5) is 4.39 Å². The molecule has 7 atom stereocenters. The number of carbonyl (C=O) groups excluding carboxylic acids is 2. The van der Waals surface area contributed by atoms with E-state index in [0.717, 1.165) is 5.57 Å². The zero-order valence-corrected chi connectivity index (χ0v) is 17.4. The van der Waals surface area contributed by atoms with Crippen molar-refractivity contribution in [3.63, 3.8) is 0 Å². The van der Waals surface area contributed by atoms with E-state index in [1.807, 2.05) is 6.92 Å². The van der Waals surface area contributed by atoms with Crippen molar-refractivity contribution in [2.75, 3.05) is 13.7 Å². The molecular weight excluding hydrogens is 375 g/mol. The Hall–Kier alpha value is -1.37. The quantitative estimate of drug-likeness (QED) is 0.750. The highest BCUT2D eigenvalue weighted by molar-refractivity contribution is 6.01. The highest BCUT2D eigenvalue weighted by atomic mass is 19.1. The van der Waals surface area contributed by atoms with Gasteiger partial charge in [-0.2, -0.15) is 0 Å². The van der Waals surface area contributed by atoms with E-state index in [1.165, 1.54) is 19.3 Å². The van der Waals surface area contributed by atoms with Crippen LogP contribution in [0.25, 0.3) is 0 Å². The SMILES string of the molecule is COCCC(=O)C1(O)CCC2C3CCC4=CC(=O)C=CC4(C)C3(F)C(O)CC21C. The van der Waals surface area contributed by atoms with Gasteiger partial charge in [0.1, 0.15) is 5.60 Å². The van der Waals surface area contributed by atoms with Crippen molar-refractivity contribution in [3.05, 3.63) is 23.8 Å². The zero-order valence-electron chi connectivity index (χ0n) is 17.4. The van der Waals surface area contributed by atoms with Crippen LogP contribution in [0, 0.1) is 22.7 Å². The van der Waals surface area contributed by atoms with E-state index in [2.05, 4.69) is 0 Å². The van der Waals surface area contributed by atoms with E-state index in [4.69, 9.17) is 4.74 Å². The smallest absolute Gasteiger partial charge is 0.178 e. The van der Waals surface area contributed by atoms with E-state index >= 15 is 4.39 Å². The molecule has 0 bridgehead atoms. The predicted octanol–water partition coefficient (Wildman–Crippen LogP) is 2.69. The Bertz CT molecular complexity index is 805. The summed E-state index contributed by atoms with van der Waals surface area (Å²) in [6.45, 7) is 3.84. The number of aliphatic hydroxyl groups excluding tert-OH is 1. The first-order valence-electron chi connectivity index (χ1n) is 10.6. The molecule has 0 amide bonds. The number of fused-ring (bicyclic) bond motifs is 5. The van der Waals surface area contributed by atoms with Crippen LogP contribution in [0.1, 0.15) is 52.4 Å². The Kier molecular flexibility index (Phi) is 4.73. The van der Waals surface area contributed by atoms with Gasteiger partial charge in [0.15, 0.2) is 17.2 Å². The molecule has 0 aliphatic heterocycles. The van der Waals surface area contributed by atoms with Crippen molar-refractivity contribution in [2.45, 2.75) is 69.7 Å². The monoisotopic (exact) mass is 406 g/mol. The van der Waals surface area contributed by atoms with Crippen molar-refractivity contribution in [1.29, 1.82) is 0 Å². The minimum absolute atomic E-state index is 0.0184. The first-order chi connectivity index (χ1) is 13.5. The summed E-state index contributed by atoms with van der Waals surface area (Å²) in [5, 5.41) is 22.6. The molecule has 5 nitrogen and oxygen atoms in total. The maximum atomic E-state index is 16.9. The molecule has 3 fully saturated rings. The summed E-state index contributed by atoms with van der Waals surface area (Å²) in [6.07, 6.45) is 5.22. The molecule has 0 heterocycles. The molecule has 0 aromatic rings. The van der Waals surface area contributed by atoms with E-state index in [1.54, 1.807) is 13.0 Å². The van der Waals surface area contributed by atoms with Gasteiger partial charge in [-0.3, -0.25) is 9.59 Å². The first kappa shape index (κ1) is 20.9. The molecule has 0 saturated heterocycles. The van der Waals surface area contributed by atoms with Crippen molar-refractivity contribution in [2.24, 2.45) is 22.7 Å². The lowest BCUT2D eigenvalue weighted by Crippen LogP contribution is -2.69. The van der Waals surface area contributed by atoms with Gasteiger partial charge in [0.2, 0.25) is 0 Å². The predicted molar refractivity (Wildman–Crippen MR) is 105 cm³/mol. The van der Waals surface area contributed by atoms with E-state index in [0.29, 0.717) is 19.3 Å². The molecule has 6 heteroatoms. The summed E-state index contributed by atoms with van der Waals surface area (Å²) in [5.41, 5.74) is -4.71. The van der Waals surface area contributed by atoms with Crippen LogP contribution in [0.3, 0.4) is 0 Å². The first-order valence-corrected chi connectivity index (χ1v) is 10.6. The number of hydrogen-bond donors (Lipinski definition) is 2. The standard InChI is InChI=1S/C23H31FO5/c1-20-9-6-15(25)12-14(20)4-5-17-16-7-10-22(28,18(26)8-11-29-3)21(16,2)13-19(27)23(17,20)24/h6,9,12,16-17,19,27-28H,4-5,7-8,10-11,13H2,1-3H3. The maximum absolute atomic E-state index is 16.9. The number of alkyl halides is 1. The fourth-order valence-corrected chi connectivity index (χ4v) is 7.07. The lowest BCUT2D eigenvalue weighted by molar-refractivity contribution is -0.216. The molecule has 0 spiro atoms. The van der Waals surface area contributed by atoms with Gasteiger partial charge in [-0.25, -0.2) is 4.39 Å². The average molecular weight is 406 g/mol. The van der Waals surface area contributed by atoms with Crippen LogP contribution >= 0.6 is 0 Å². The van der Waals surface area contributed by atoms with Crippen LogP contribution in [0.2, 0.25) is 0 Å². The Morgan fingerprint density at radius 3 is 2.72 bits per heavy atom. The van der Waals surface area contributed by atoms with Gasteiger partial charge in [-0.05, 0) is 57.1 Å². The van der Waals surface area contributed by atoms with Crippen LogP contribution in [0.15, 0.2) is 23.8 Å². The minimum Gasteiger partial charge on any atom is -0.390 e. The van der Waals surface area contributed by atoms with Crippen molar-refractivity contribution >= 4 is 11.6 Å². The fraction of sp³-hybridized carbons (Fsp3) is 0.739. The third-order valence-corrected chi connectivity index (χ3v) is 8.79. The van der Waals surface area contributed by atoms with Gasteiger partial charge in [0, 0.05) is 30.3 Å². The third-order valence-electron chi connectivity index (χ3n) is 8.79. The van der Waals surface area contributed by atoms with E-state index in [-0.39, 0.29) is 43.4 Å². The molecule has 4 rings (SSSR count). The van der Waals surface area contributed by atoms with Crippen LogP contribution in [0.5, 0.6) is 0 Å². The van der Waals surface area contributed by atoms with E-state index in [9.17, 15) is 19.8 Å². The topological polar surface area (TPSA) is 83.8 Å². The number of hydrogen-bond acceptors (Lipinski definition) is 5. The maximum Gasteiger partial charge on any atom is 0.178 e. The van der Waals surface area contributed by atoms with E-state index < -0.39 is 34.1 Å². The molecule has 3 saturated carbocycles. The second-order valence-corrected chi connectivity index (χ2v) is 9.83. The molecule has 0 aromatic heterocycles. The third kappa shape index (κ3) is 2.48. The lowest BCUT2D eigenvalue weighted by atomic mass is 9.44. The number of halogens is 1. The Morgan fingerprint density at radius 2 is 2.03 bits per heavy atom. The fourth-order valence-electron chi connectivity index (χ4n) is 7.07. The summed E-state index contributed by atoms with van der Waals surface area (Å²) < 4.78 is 21.9. The molecule has 4 aliphatic carbocycles. The number of carbonyl (C=O) groups is 2. The van der Waals surface area contributed by atoms with Gasteiger partial charge in [0.05, 0.1) is 12.7 Å². The number of ketones is 2. The van der Waals surface area contributed by atoms with Gasteiger partial charge in [-0.15, -0.1) is 0 Å². The zero-order chi connectivity index (χ0) is 21.2. The number of aliphatic hydroxyl groups is 2. The Morgan fingerprint density at radius 1 is 1.31 bits per heavy atom. The highest BCUT2D eigenvalue weighted by Gasteiger charge is 2.73. The van der Waals surface area contributed by atoms with Crippen LogP contribution in [-0.4, -0.2) is 52.9 Å². The summed E-state index contributed by atoms with van der Waals surface area (Å²) in [5.74, 6) is -1.13. The van der Waals surface area contributed by atoms with Crippen molar-refractivity contribution in [1.82, 2.24) is 0 Å². The van der Waals surface area contributed by atoms with Crippen LogP contribution < -0.4 is 0 Å². The number of methoxy groups -OCH3 is 1. The van der Waals surface area contributed by atoms with Crippen molar-refractivity contribution < 1.29 is 28.9 Å². The number of ether oxygens (including phenoxy) is 1. The second-order valence-electron chi connectivity index (χ2n) is 9.83. The molecular formula is C23H31FO5. The second kappa shape index (κ2) is 6.56. The molecule has 7 unspecified atom stereocenters. The van der Waals surface area contributed by atoms with Gasteiger partial charge in [-0.1, -0.05) is 18.6 Å². The summed E-state index contributed by atoms with van der Waals surface area (Å²) in [6, 6.07) is 0. The molecule has 4 aliphatic rings. The Balaban J connectivity index is 1.74. The minimum atomic E-state index is -1.93. The van der Waals surface area contributed by atoms with Crippen molar-refractivity contribution in [3.8, 4) is 0 Å². The lowest BCUT2D eigenvalue weighted by Gasteiger charge is -2.62. The number of Topliss-reactive ketones (excluding diaryl/α,β-unsaturated/α-hetero) is 1. The number of allylic oxidation sites excluding steroid dienone is 4. The average Bonchev–Trinajstić information content (AvgIpc) is 2.94. The molecule has 160 valence electrons. The summed E-state index contributed by atoms with van der Waals surface area (Å²) >= 11 is 0. The van der Waals surface area contributed by atoms with Gasteiger partial charge < -0.3 is 14.9 Å². The molecule has 0 radical (unpaired) electrons. The Labute approximate surface area is 171 Å². The van der Waals surface area contributed by atoms with Gasteiger partial charge in [0.25, 0.3) is 0 Å². The highest BCUT2D eigenvalue weighted by Crippen LogP contribution is 2.69. The molecule has 0 aromatic carbocycles. The largest absolute Gasteiger partial charge is 0.390 e. The van der Waals surface area contributed by atoms with Crippen LogP contribution in [-0.2, 0) is 14.3 Å². The molecule has 29 heavy (non-hydrogen) atoms. The normalized spacial score (nSPS) is 48.6.